The molecule has 0 spiro atoms. The summed E-state index contributed by atoms with van der Waals surface area (Å²) in [7, 11) is 0. The van der Waals surface area contributed by atoms with Crippen LogP contribution in [0.3, 0.4) is 0 Å². The fourth-order valence-corrected chi connectivity index (χ4v) is 3.34. The number of aryl methyl sites for hydroxylation is 2. The molecule has 0 saturated carbocycles. The molecule has 1 aromatic heterocycles. The first-order chi connectivity index (χ1) is 11.4. The van der Waals surface area contributed by atoms with Crippen LogP contribution >= 0.6 is 0 Å². The Morgan fingerprint density at radius 1 is 0.652 bits per heavy atom. The maximum atomic E-state index is 2.43. The van der Waals surface area contributed by atoms with E-state index in [1.54, 1.807) is 0 Å². The Kier molecular flexibility index (Phi) is 12.9. The Morgan fingerprint density at radius 2 is 1.22 bits per heavy atom. The van der Waals surface area contributed by atoms with Crippen LogP contribution < -0.4 is 4.57 Å². The summed E-state index contributed by atoms with van der Waals surface area (Å²) in [6.45, 7) is 5.71. The quantitative estimate of drug-likeness (QED) is 0.252. The molecule has 1 nitrogen and oxygen atoms in total. The van der Waals surface area contributed by atoms with Crippen molar-refractivity contribution in [3.63, 3.8) is 0 Å². The second kappa shape index (κ2) is 14.7. The molecule has 0 aliphatic carbocycles. The van der Waals surface area contributed by atoms with Gasteiger partial charge in [-0.15, -0.1) is 0 Å². The van der Waals surface area contributed by atoms with Gasteiger partial charge in [-0.2, -0.15) is 0 Å². The lowest BCUT2D eigenvalue weighted by molar-refractivity contribution is -0.704. The van der Waals surface area contributed by atoms with Crippen LogP contribution in [0.15, 0.2) is 24.4 Å². The summed E-state index contributed by atoms with van der Waals surface area (Å²) in [5.41, 5.74) is 1.52. The smallest absolute Gasteiger partial charge is 0.181 e. The average molecular weight is 319 g/mol. The highest BCUT2D eigenvalue weighted by molar-refractivity contribution is 4.97. The van der Waals surface area contributed by atoms with E-state index >= 15 is 0 Å². The maximum absolute atomic E-state index is 2.43. The van der Waals surface area contributed by atoms with Gasteiger partial charge in [0, 0.05) is 25.0 Å². The number of nitrogens with zero attached hydrogens (tertiary/aromatic N) is 1. The van der Waals surface area contributed by atoms with Gasteiger partial charge < -0.3 is 0 Å². The van der Waals surface area contributed by atoms with E-state index in [0.29, 0.717) is 0 Å². The van der Waals surface area contributed by atoms with Gasteiger partial charge in [0.1, 0.15) is 6.54 Å². The van der Waals surface area contributed by atoms with E-state index in [2.05, 4.69) is 42.8 Å². The third kappa shape index (κ3) is 10.5. The fourth-order valence-electron chi connectivity index (χ4n) is 3.34. The molecule has 1 rings (SSSR count). The van der Waals surface area contributed by atoms with Crippen molar-refractivity contribution in [1.29, 1.82) is 0 Å². The Bertz CT molecular complexity index is 372. The zero-order chi connectivity index (χ0) is 16.6. The fraction of sp³-hybridized carbons (Fsp3) is 0.773. The van der Waals surface area contributed by atoms with Crippen LogP contribution in [-0.2, 0) is 13.0 Å². The molecule has 1 heteroatoms. The third-order valence-electron chi connectivity index (χ3n) is 4.79. The molecule has 0 atom stereocenters. The van der Waals surface area contributed by atoms with E-state index in [9.17, 15) is 0 Å². The van der Waals surface area contributed by atoms with Crippen LogP contribution in [0, 0.1) is 0 Å². The van der Waals surface area contributed by atoms with Crippen molar-refractivity contribution in [2.45, 2.75) is 110 Å². The second-order valence-electron chi connectivity index (χ2n) is 7.02. The topological polar surface area (TPSA) is 3.88 Å². The SMILES string of the molecule is CCCCCCCCCCCCCCc1cccc[n+]1CCC. The number of rotatable bonds is 15. The van der Waals surface area contributed by atoms with Gasteiger partial charge >= 0.3 is 0 Å². The number of unbranched alkanes of at least 4 members (excludes halogenated alkanes) is 11. The van der Waals surface area contributed by atoms with Crippen molar-refractivity contribution in [3.8, 4) is 0 Å². The van der Waals surface area contributed by atoms with Gasteiger partial charge in [-0.25, -0.2) is 4.57 Å². The van der Waals surface area contributed by atoms with E-state index in [1.807, 2.05) is 0 Å². The second-order valence-corrected chi connectivity index (χ2v) is 7.02. The molecule has 0 aromatic carbocycles. The van der Waals surface area contributed by atoms with Crippen LogP contribution in [0.2, 0.25) is 0 Å². The molecule has 0 fully saturated rings. The molecule has 0 bridgehead atoms. The van der Waals surface area contributed by atoms with Crippen LogP contribution in [0.1, 0.15) is 103 Å². The van der Waals surface area contributed by atoms with Crippen LogP contribution in [0.5, 0.6) is 0 Å². The average Bonchev–Trinajstić information content (AvgIpc) is 2.57. The van der Waals surface area contributed by atoms with Gasteiger partial charge in [-0.3, -0.25) is 0 Å². The molecule has 0 saturated heterocycles. The highest BCUT2D eigenvalue weighted by atomic mass is 14.9. The first-order valence-electron chi connectivity index (χ1n) is 10.4. The molecule has 1 heterocycles. The summed E-state index contributed by atoms with van der Waals surface area (Å²) in [6, 6.07) is 6.64. The molecule has 23 heavy (non-hydrogen) atoms. The molecule has 0 aliphatic rings. The predicted octanol–water partition coefficient (Wildman–Crippen LogP) is 6.63. The number of aromatic nitrogens is 1. The lowest BCUT2D eigenvalue weighted by Gasteiger charge is -2.04. The molecule has 0 radical (unpaired) electrons. The predicted molar refractivity (Wildman–Crippen MR) is 102 cm³/mol. The first kappa shape index (κ1) is 20.2. The van der Waals surface area contributed by atoms with Crippen molar-refractivity contribution in [2.24, 2.45) is 0 Å². The third-order valence-corrected chi connectivity index (χ3v) is 4.79. The molecule has 0 unspecified atom stereocenters. The number of hydrogen-bond acceptors (Lipinski definition) is 0. The van der Waals surface area contributed by atoms with E-state index < -0.39 is 0 Å². The van der Waals surface area contributed by atoms with Gasteiger partial charge in [-0.1, -0.05) is 90.5 Å². The molecule has 1 aromatic rings. The highest BCUT2D eigenvalue weighted by Crippen LogP contribution is 2.12. The lowest BCUT2D eigenvalue weighted by atomic mass is 10.0. The Hall–Kier alpha value is -0.850. The zero-order valence-electron chi connectivity index (χ0n) is 15.9. The molecule has 0 aliphatic heterocycles. The minimum Gasteiger partial charge on any atom is -0.202 e. The summed E-state index contributed by atoms with van der Waals surface area (Å²) in [4.78, 5) is 0. The summed E-state index contributed by atoms with van der Waals surface area (Å²) in [6.07, 6.45) is 21.9. The Balaban J connectivity index is 1.94. The molecule has 0 N–H and O–H groups in total. The minimum absolute atomic E-state index is 1.16. The van der Waals surface area contributed by atoms with Gasteiger partial charge in [-0.05, 0) is 6.42 Å². The van der Waals surface area contributed by atoms with Gasteiger partial charge in [0.2, 0.25) is 0 Å². The zero-order valence-corrected chi connectivity index (χ0v) is 15.9. The van der Waals surface area contributed by atoms with Crippen LogP contribution in [0.4, 0.5) is 0 Å². The van der Waals surface area contributed by atoms with Crippen molar-refractivity contribution < 1.29 is 4.57 Å². The summed E-state index contributed by atoms with van der Waals surface area (Å²) in [5.74, 6) is 0. The first-order valence-corrected chi connectivity index (χ1v) is 10.4. The standard InChI is InChI=1S/C22H40N/c1-3-5-6-7-8-9-10-11-12-13-14-15-18-22-19-16-17-21-23(22)20-4-2/h16-17,19,21H,3-15,18,20H2,1-2H3/q+1. The lowest BCUT2D eigenvalue weighted by Crippen LogP contribution is -2.37. The summed E-state index contributed by atoms with van der Waals surface area (Å²) >= 11 is 0. The van der Waals surface area contributed by atoms with Crippen molar-refractivity contribution >= 4 is 0 Å². The van der Waals surface area contributed by atoms with Crippen molar-refractivity contribution in [1.82, 2.24) is 0 Å². The maximum Gasteiger partial charge on any atom is 0.181 e. The molecule has 0 amide bonds. The van der Waals surface area contributed by atoms with E-state index in [0.717, 1.165) is 6.54 Å². The Morgan fingerprint density at radius 3 is 1.78 bits per heavy atom. The minimum atomic E-state index is 1.16. The summed E-state index contributed by atoms with van der Waals surface area (Å²) in [5, 5.41) is 0. The number of hydrogen-bond donors (Lipinski definition) is 0. The van der Waals surface area contributed by atoms with Crippen molar-refractivity contribution in [2.75, 3.05) is 0 Å². The van der Waals surface area contributed by atoms with Crippen molar-refractivity contribution in [3.05, 3.63) is 30.1 Å². The largest absolute Gasteiger partial charge is 0.202 e. The Labute approximate surface area is 145 Å². The number of pyridine rings is 1. The molecular formula is C22H40N+. The molecular weight excluding hydrogens is 278 g/mol. The monoisotopic (exact) mass is 318 g/mol. The summed E-state index contributed by atoms with van der Waals surface area (Å²) < 4.78 is 2.43. The van der Waals surface area contributed by atoms with Gasteiger partial charge in [0.15, 0.2) is 11.9 Å². The highest BCUT2D eigenvalue weighted by Gasteiger charge is 2.07. The van der Waals surface area contributed by atoms with Crippen LogP contribution in [-0.4, -0.2) is 0 Å². The van der Waals surface area contributed by atoms with E-state index in [1.165, 1.54) is 95.6 Å². The van der Waals surface area contributed by atoms with E-state index in [4.69, 9.17) is 0 Å². The molecule has 132 valence electrons. The van der Waals surface area contributed by atoms with Gasteiger partial charge in [0.25, 0.3) is 0 Å². The van der Waals surface area contributed by atoms with E-state index in [-0.39, 0.29) is 0 Å². The van der Waals surface area contributed by atoms with Crippen LogP contribution in [0.25, 0.3) is 0 Å². The normalized spacial score (nSPS) is 11.0. The van der Waals surface area contributed by atoms with Gasteiger partial charge in [0.05, 0.1) is 0 Å².